The summed E-state index contributed by atoms with van der Waals surface area (Å²) in [7, 11) is 0. The second kappa shape index (κ2) is 6.67. The summed E-state index contributed by atoms with van der Waals surface area (Å²) in [5.41, 5.74) is 11.0. The number of amides is 2. The third-order valence-electron chi connectivity index (χ3n) is 2.78. The van der Waals surface area contributed by atoms with Crippen LogP contribution in [0.25, 0.3) is 10.8 Å². The summed E-state index contributed by atoms with van der Waals surface area (Å²) in [6, 6.07) is 9.10. The molecule has 0 aliphatic rings. The number of nitrogens with zero attached hydrogens (tertiary/aromatic N) is 1. The molecule has 0 saturated heterocycles. The third-order valence-corrected chi connectivity index (χ3v) is 2.78. The lowest BCUT2D eigenvalue weighted by Gasteiger charge is -2.07. The van der Waals surface area contributed by atoms with Gasteiger partial charge in [0.15, 0.2) is 0 Å². The zero-order chi connectivity index (χ0) is 15.2. The number of carbonyl (C=O) groups excluding carboxylic acids is 2. The van der Waals surface area contributed by atoms with Crippen LogP contribution >= 0.6 is 0 Å². The zero-order valence-corrected chi connectivity index (χ0v) is 11.3. The van der Waals surface area contributed by atoms with E-state index in [0.717, 1.165) is 10.8 Å². The highest BCUT2D eigenvalue weighted by atomic mass is 16.5. The number of anilines is 1. The Balaban J connectivity index is 1.98. The number of rotatable bonds is 6. The van der Waals surface area contributed by atoms with Gasteiger partial charge in [0.25, 0.3) is 5.91 Å². The average Bonchev–Trinajstić information content (AvgIpc) is 2.46. The van der Waals surface area contributed by atoms with E-state index in [1.54, 1.807) is 6.07 Å². The number of aromatic nitrogens is 1. The van der Waals surface area contributed by atoms with Gasteiger partial charge in [-0.05, 0) is 11.5 Å². The molecule has 21 heavy (non-hydrogen) atoms. The van der Waals surface area contributed by atoms with Crippen LogP contribution in [0.1, 0.15) is 10.5 Å². The number of hydrogen-bond acceptors (Lipinski definition) is 5. The van der Waals surface area contributed by atoms with Crippen molar-refractivity contribution in [3.63, 3.8) is 0 Å². The minimum atomic E-state index is -0.551. The fraction of sp³-hybridized carbons (Fsp3) is 0.214. The Hall–Kier alpha value is -2.67. The molecule has 0 aliphatic carbocycles. The maximum absolute atomic E-state index is 12.0. The molecule has 0 radical (unpaired) electrons. The second-order valence-electron chi connectivity index (χ2n) is 4.39. The molecule has 0 spiro atoms. The number of benzene rings is 1. The van der Waals surface area contributed by atoms with E-state index in [0.29, 0.717) is 5.82 Å². The third kappa shape index (κ3) is 3.90. The van der Waals surface area contributed by atoms with Gasteiger partial charge >= 0.3 is 0 Å². The number of pyridine rings is 1. The molecular formula is C14H16N4O3. The Bertz CT molecular complexity index is 672. The summed E-state index contributed by atoms with van der Waals surface area (Å²) in [6.07, 6.45) is 0. The highest BCUT2D eigenvalue weighted by molar-refractivity contribution is 5.99. The van der Waals surface area contributed by atoms with Crippen LogP contribution in [-0.2, 0) is 9.53 Å². The van der Waals surface area contributed by atoms with E-state index in [4.69, 9.17) is 16.2 Å². The topological polar surface area (TPSA) is 120 Å². The van der Waals surface area contributed by atoms with Crippen molar-refractivity contribution < 1.29 is 14.3 Å². The fourth-order valence-corrected chi connectivity index (χ4v) is 1.84. The molecule has 0 atom stereocenters. The first-order chi connectivity index (χ1) is 10.1. The van der Waals surface area contributed by atoms with Crippen molar-refractivity contribution in [2.45, 2.75) is 0 Å². The first-order valence-corrected chi connectivity index (χ1v) is 6.37. The Morgan fingerprint density at radius 3 is 2.81 bits per heavy atom. The normalized spacial score (nSPS) is 10.5. The lowest BCUT2D eigenvalue weighted by atomic mass is 10.1. The molecule has 5 N–H and O–H groups in total. The van der Waals surface area contributed by atoms with Crippen molar-refractivity contribution in [3.05, 3.63) is 36.0 Å². The summed E-state index contributed by atoms with van der Waals surface area (Å²) in [4.78, 5) is 26.5. The van der Waals surface area contributed by atoms with E-state index >= 15 is 0 Å². The monoisotopic (exact) mass is 288 g/mol. The van der Waals surface area contributed by atoms with Crippen molar-refractivity contribution in [3.8, 4) is 0 Å². The molecule has 1 aromatic heterocycles. The number of nitrogens with two attached hydrogens (primary N) is 2. The van der Waals surface area contributed by atoms with Crippen molar-refractivity contribution in [1.29, 1.82) is 0 Å². The van der Waals surface area contributed by atoms with E-state index in [2.05, 4.69) is 10.3 Å². The standard InChI is InChI=1S/C14H16N4O3/c15-12(19)8-21-6-5-17-14(20)11-7-9-3-1-2-4-10(9)13(16)18-11/h1-4,7H,5-6,8H2,(H2,15,19)(H2,16,18)(H,17,20). The number of nitrogens with one attached hydrogen (secondary N) is 1. The number of fused-ring (bicyclic) bond motifs is 1. The van der Waals surface area contributed by atoms with E-state index in [9.17, 15) is 9.59 Å². The predicted octanol–water partition coefficient (Wildman–Crippen LogP) is 0.0487. The fourth-order valence-electron chi connectivity index (χ4n) is 1.84. The van der Waals surface area contributed by atoms with Crippen LogP contribution in [0.5, 0.6) is 0 Å². The highest BCUT2D eigenvalue weighted by Gasteiger charge is 2.10. The van der Waals surface area contributed by atoms with E-state index in [-0.39, 0.29) is 31.4 Å². The van der Waals surface area contributed by atoms with Crippen molar-refractivity contribution in [2.24, 2.45) is 5.73 Å². The molecule has 0 bridgehead atoms. The average molecular weight is 288 g/mol. The van der Waals surface area contributed by atoms with Crippen LogP contribution in [-0.4, -0.2) is 36.6 Å². The lowest BCUT2D eigenvalue weighted by molar-refractivity contribution is -0.122. The van der Waals surface area contributed by atoms with E-state index in [1.165, 1.54) is 0 Å². The molecule has 0 saturated carbocycles. The van der Waals surface area contributed by atoms with Crippen LogP contribution in [0.15, 0.2) is 30.3 Å². The van der Waals surface area contributed by atoms with Crippen LogP contribution < -0.4 is 16.8 Å². The summed E-state index contributed by atoms with van der Waals surface area (Å²) < 4.78 is 4.94. The molecule has 2 amide bonds. The van der Waals surface area contributed by atoms with Gasteiger partial charge in [-0.25, -0.2) is 4.98 Å². The Labute approximate surface area is 121 Å². The number of hydrogen-bond donors (Lipinski definition) is 3. The van der Waals surface area contributed by atoms with Gasteiger partial charge in [-0.1, -0.05) is 24.3 Å². The van der Waals surface area contributed by atoms with Crippen molar-refractivity contribution >= 4 is 28.4 Å². The van der Waals surface area contributed by atoms with Gasteiger partial charge in [-0.3, -0.25) is 9.59 Å². The lowest BCUT2D eigenvalue weighted by Crippen LogP contribution is -2.29. The van der Waals surface area contributed by atoms with Crippen molar-refractivity contribution in [2.75, 3.05) is 25.5 Å². The largest absolute Gasteiger partial charge is 0.383 e. The minimum absolute atomic E-state index is 0.170. The van der Waals surface area contributed by atoms with E-state index < -0.39 is 5.91 Å². The van der Waals surface area contributed by atoms with Gasteiger partial charge in [0.2, 0.25) is 5.91 Å². The Kier molecular flexibility index (Phi) is 4.68. The molecule has 2 rings (SSSR count). The number of nitrogen functional groups attached to an aromatic ring is 1. The van der Waals surface area contributed by atoms with E-state index in [1.807, 2.05) is 24.3 Å². The highest BCUT2D eigenvalue weighted by Crippen LogP contribution is 2.19. The van der Waals surface area contributed by atoms with Crippen molar-refractivity contribution in [1.82, 2.24) is 10.3 Å². The van der Waals surface area contributed by atoms with Crippen LogP contribution in [0, 0.1) is 0 Å². The van der Waals surface area contributed by atoms with Gasteiger partial charge in [0.1, 0.15) is 18.1 Å². The molecular weight excluding hydrogens is 272 g/mol. The molecule has 0 fully saturated rings. The first-order valence-electron chi connectivity index (χ1n) is 6.37. The second-order valence-corrected chi connectivity index (χ2v) is 4.39. The smallest absolute Gasteiger partial charge is 0.270 e. The molecule has 7 nitrogen and oxygen atoms in total. The molecule has 0 unspecified atom stereocenters. The molecule has 1 aromatic carbocycles. The van der Waals surface area contributed by atoms with Crippen LogP contribution in [0.3, 0.4) is 0 Å². The maximum atomic E-state index is 12.0. The molecule has 0 aliphatic heterocycles. The summed E-state index contributed by atoms with van der Waals surface area (Å²) in [5, 5.41) is 4.28. The van der Waals surface area contributed by atoms with Crippen LogP contribution in [0.4, 0.5) is 5.82 Å². The molecule has 2 aromatic rings. The van der Waals surface area contributed by atoms with Gasteiger partial charge < -0.3 is 21.5 Å². The quantitative estimate of drug-likeness (QED) is 0.648. The van der Waals surface area contributed by atoms with Gasteiger partial charge in [0, 0.05) is 11.9 Å². The summed E-state index contributed by atoms with van der Waals surface area (Å²) in [5.74, 6) is -0.594. The number of primary amides is 1. The number of ether oxygens (including phenoxy) is 1. The molecule has 1 heterocycles. The number of carbonyl (C=O) groups is 2. The van der Waals surface area contributed by atoms with Crippen LogP contribution in [0.2, 0.25) is 0 Å². The summed E-state index contributed by atoms with van der Waals surface area (Å²) >= 11 is 0. The first kappa shape index (κ1) is 14.7. The Morgan fingerprint density at radius 2 is 2.05 bits per heavy atom. The SMILES string of the molecule is NC(=O)COCCNC(=O)c1cc2ccccc2c(N)n1. The summed E-state index contributed by atoms with van der Waals surface area (Å²) in [6.45, 7) is 0.273. The van der Waals surface area contributed by atoms with Gasteiger partial charge in [-0.2, -0.15) is 0 Å². The molecule has 7 heteroatoms. The van der Waals surface area contributed by atoms with Gasteiger partial charge in [0.05, 0.1) is 6.61 Å². The molecule has 110 valence electrons. The minimum Gasteiger partial charge on any atom is -0.383 e. The maximum Gasteiger partial charge on any atom is 0.270 e. The predicted molar refractivity (Wildman–Crippen MR) is 78.5 cm³/mol. The zero-order valence-electron chi connectivity index (χ0n) is 11.3. The van der Waals surface area contributed by atoms with Gasteiger partial charge in [-0.15, -0.1) is 0 Å². The Morgan fingerprint density at radius 1 is 1.29 bits per heavy atom.